The number of nitrogens with zero attached hydrogens (tertiary/aromatic N) is 2. The molecule has 5 rings (SSSR count). The Morgan fingerprint density at radius 3 is 2.42 bits per heavy atom. The number of benzene rings is 1. The van der Waals surface area contributed by atoms with Crippen molar-refractivity contribution >= 4 is 23.3 Å². The highest BCUT2D eigenvalue weighted by Gasteiger charge is 2.42. The molecule has 3 saturated heterocycles. The first-order valence-corrected chi connectivity index (χ1v) is 13.9. The van der Waals surface area contributed by atoms with E-state index in [-0.39, 0.29) is 24.1 Å². The van der Waals surface area contributed by atoms with Crippen molar-refractivity contribution in [1.29, 1.82) is 0 Å². The third-order valence-electron chi connectivity index (χ3n) is 8.01. The maximum atomic E-state index is 13.3. The Kier molecular flexibility index (Phi) is 7.65. The van der Waals surface area contributed by atoms with Gasteiger partial charge in [-0.15, -0.1) is 11.3 Å². The minimum absolute atomic E-state index is 0.104. The second-order valence-corrected chi connectivity index (χ2v) is 11.9. The molecule has 0 saturated carbocycles. The Morgan fingerprint density at radius 1 is 1.08 bits per heavy atom. The van der Waals surface area contributed by atoms with E-state index in [9.17, 15) is 9.59 Å². The van der Waals surface area contributed by atoms with Crippen LogP contribution in [0.25, 0.3) is 0 Å². The lowest BCUT2D eigenvalue weighted by molar-refractivity contribution is 0.0773. The van der Waals surface area contributed by atoms with Gasteiger partial charge in [0.1, 0.15) is 6.10 Å². The van der Waals surface area contributed by atoms with Gasteiger partial charge in [0, 0.05) is 48.9 Å². The molecule has 8 heteroatoms. The predicted molar refractivity (Wildman–Crippen MR) is 140 cm³/mol. The third kappa shape index (κ3) is 5.45. The van der Waals surface area contributed by atoms with E-state index in [2.05, 4.69) is 48.0 Å². The molecule has 0 aliphatic carbocycles. The summed E-state index contributed by atoms with van der Waals surface area (Å²) in [6.45, 7) is 11.9. The normalized spacial score (nSPS) is 24.6. The molecule has 1 N–H and O–H groups in total. The van der Waals surface area contributed by atoms with E-state index in [4.69, 9.17) is 9.47 Å². The Balaban J connectivity index is 1.15. The van der Waals surface area contributed by atoms with Crippen LogP contribution in [-0.2, 0) is 9.47 Å². The van der Waals surface area contributed by atoms with Gasteiger partial charge in [0.2, 0.25) is 0 Å². The molecular formula is C28H37N3O4S. The number of likely N-dealkylation sites (tertiary alicyclic amines) is 2. The molecule has 36 heavy (non-hydrogen) atoms. The van der Waals surface area contributed by atoms with Crippen LogP contribution in [0.5, 0.6) is 0 Å². The first-order chi connectivity index (χ1) is 17.4. The molecular weight excluding hydrogens is 474 g/mol. The number of hydrogen-bond donors (Lipinski definition) is 1. The van der Waals surface area contributed by atoms with Crippen LogP contribution < -0.4 is 5.32 Å². The fraction of sp³-hybridized carbons (Fsp3) is 0.571. The molecule has 1 aromatic heterocycles. The van der Waals surface area contributed by atoms with E-state index in [1.807, 2.05) is 18.2 Å². The maximum absolute atomic E-state index is 13.3. The summed E-state index contributed by atoms with van der Waals surface area (Å²) in [6.07, 6.45) is 1.04. The molecule has 7 nitrogen and oxygen atoms in total. The fourth-order valence-electron chi connectivity index (χ4n) is 5.96. The van der Waals surface area contributed by atoms with Crippen LogP contribution in [0, 0.1) is 32.6 Å². The lowest BCUT2D eigenvalue weighted by Gasteiger charge is -2.25. The van der Waals surface area contributed by atoms with Crippen molar-refractivity contribution in [2.24, 2.45) is 11.8 Å². The SMILES string of the molecule is Cc1sc(C)c(C(=O)N2CC3CN(CCC(NC(=O)OC4CCOC4)c4ccccc4)C[C@H]3C2)c1C. The molecule has 3 aliphatic heterocycles. The average molecular weight is 512 g/mol. The highest BCUT2D eigenvalue weighted by molar-refractivity contribution is 7.12. The number of nitrogens with one attached hydrogen (secondary N) is 1. The van der Waals surface area contributed by atoms with E-state index in [1.165, 1.54) is 4.88 Å². The summed E-state index contributed by atoms with van der Waals surface area (Å²) in [5.41, 5.74) is 3.15. The van der Waals surface area contributed by atoms with E-state index < -0.39 is 0 Å². The number of aryl methyl sites for hydroxylation is 2. The van der Waals surface area contributed by atoms with Gasteiger partial charge in [-0.3, -0.25) is 4.79 Å². The van der Waals surface area contributed by atoms with Crippen LogP contribution in [0.3, 0.4) is 0 Å². The molecule has 4 heterocycles. The van der Waals surface area contributed by atoms with E-state index >= 15 is 0 Å². The third-order valence-corrected chi connectivity index (χ3v) is 9.14. The monoisotopic (exact) mass is 511 g/mol. The number of fused-ring (bicyclic) bond motifs is 1. The smallest absolute Gasteiger partial charge is 0.407 e. The lowest BCUT2D eigenvalue weighted by Crippen LogP contribution is -2.36. The number of hydrogen-bond acceptors (Lipinski definition) is 6. The van der Waals surface area contributed by atoms with Gasteiger partial charge in [-0.05, 0) is 50.2 Å². The molecule has 0 bridgehead atoms. The molecule has 4 atom stereocenters. The Labute approximate surface area is 217 Å². The Bertz CT molecular complexity index is 1070. The van der Waals surface area contributed by atoms with Crippen LogP contribution in [0.15, 0.2) is 30.3 Å². The van der Waals surface area contributed by atoms with E-state index in [0.29, 0.717) is 25.0 Å². The van der Waals surface area contributed by atoms with Gasteiger partial charge >= 0.3 is 6.09 Å². The van der Waals surface area contributed by atoms with Crippen LogP contribution in [0.2, 0.25) is 0 Å². The standard InChI is InChI=1S/C28H37N3O4S/c1-18-19(2)36-20(3)26(18)27(32)31-15-22-13-30(14-23(22)16-31)11-9-25(21-7-5-4-6-8-21)29-28(33)35-24-10-12-34-17-24/h4-8,22-25H,9-17H2,1-3H3,(H,29,33)/t22-,23?,24?,25?/m0/s1. The summed E-state index contributed by atoms with van der Waals surface area (Å²) in [5.74, 6) is 1.24. The van der Waals surface area contributed by atoms with Gasteiger partial charge in [-0.25, -0.2) is 4.79 Å². The van der Waals surface area contributed by atoms with Crippen molar-refractivity contribution in [3.05, 3.63) is 56.8 Å². The van der Waals surface area contributed by atoms with Crippen molar-refractivity contribution in [3.8, 4) is 0 Å². The van der Waals surface area contributed by atoms with Crippen molar-refractivity contribution < 1.29 is 19.1 Å². The number of carbonyl (C=O) groups excluding carboxylic acids is 2. The quantitative estimate of drug-likeness (QED) is 0.599. The summed E-state index contributed by atoms with van der Waals surface area (Å²) in [4.78, 5) is 32.8. The fourth-order valence-corrected chi connectivity index (χ4v) is 7.01. The van der Waals surface area contributed by atoms with Crippen molar-refractivity contribution in [1.82, 2.24) is 15.1 Å². The molecule has 3 aliphatic rings. The van der Waals surface area contributed by atoms with Crippen molar-refractivity contribution in [3.63, 3.8) is 0 Å². The van der Waals surface area contributed by atoms with Crippen LogP contribution in [0.4, 0.5) is 4.79 Å². The molecule has 2 aromatic rings. The molecule has 1 aromatic carbocycles. The second-order valence-electron chi connectivity index (χ2n) is 10.5. The molecule has 0 spiro atoms. The zero-order valence-corrected chi connectivity index (χ0v) is 22.3. The Hall–Kier alpha value is -2.42. The Morgan fingerprint density at radius 2 is 1.81 bits per heavy atom. The summed E-state index contributed by atoms with van der Waals surface area (Å²) in [7, 11) is 0. The molecule has 3 fully saturated rings. The highest BCUT2D eigenvalue weighted by Crippen LogP contribution is 2.35. The number of amides is 2. The zero-order valence-electron chi connectivity index (χ0n) is 21.5. The summed E-state index contributed by atoms with van der Waals surface area (Å²) < 4.78 is 10.9. The van der Waals surface area contributed by atoms with Gasteiger partial charge in [0.05, 0.1) is 24.8 Å². The van der Waals surface area contributed by atoms with E-state index in [1.54, 1.807) is 11.3 Å². The van der Waals surface area contributed by atoms with Gasteiger partial charge in [-0.2, -0.15) is 0 Å². The van der Waals surface area contributed by atoms with Crippen molar-refractivity contribution in [2.75, 3.05) is 45.9 Å². The summed E-state index contributed by atoms with van der Waals surface area (Å²) >= 11 is 1.72. The second kappa shape index (κ2) is 10.9. The van der Waals surface area contributed by atoms with Crippen LogP contribution in [-0.4, -0.2) is 73.8 Å². The number of rotatable bonds is 7. The average Bonchev–Trinajstić information content (AvgIpc) is 3.62. The van der Waals surface area contributed by atoms with E-state index in [0.717, 1.165) is 67.1 Å². The summed E-state index contributed by atoms with van der Waals surface area (Å²) in [5, 5.41) is 3.09. The molecule has 0 radical (unpaired) electrons. The van der Waals surface area contributed by atoms with Crippen LogP contribution in [0.1, 0.15) is 50.1 Å². The largest absolute Gasteiger partial charge is 0.444 e. The molecule has 194 valence electrons. The lowest BCUT2D eigenvalue weighted by atomic mass is 10.0. The number of alkyl carbamates (subject to hydrolysis) is 1. The van der Waals surface area contributed by atoms with Gasteiger partial charge in [0.15, 0.2) is 0 Å². The van der Waals surface area contributed by atoms with Crippen LogP contribution >= 0.6 is 11.3 Å². The van der Waals surface area contributed by atoms with Crippen molar-refractivity contribution in [2.45, 2.75) is 45.8 Å². The number of carbonyl (C=O) groups is 2. The minimum atomic E-state index is -0.374. The van der Waals surface area contributed by atoms with Gasteiger partial charge < -0.3 is 24.6 Å². The zero-order chi connectivity index (χ0) is 25.2. The minimum Gasteiger partial charge on any atom is -0.444 e. The first-order valence-electron chi connectivity index (χ1n) is 13.1. The predicted octanol–water partition coefficient (Wildman–Crippen LogP) is 4.32. The highest BCUT2D eigenvalue weighted by atomic mass is 32.1. The number of ether oxygens (including phenoxy) is 2. The topological polar surface area (TPSA) is 71.1 Å². The van der Waals surface area contributed by atoms with Gasteiger partial charge in [0.25, 0.3) is 5.91 Å². The molecule has 2 amide bonds. The summed E-state index contributed by atoms with van der Waals surface area (Å²) in [6, 6.07) is 10.0. The molecule has 3 unspecified atom stereocenters. The first kappa shape index (κ1) is 25.2. The van der Waals surface area contributed by atoms with Gasteiger partial charge in [-0.1, -0.05) is 30.3 Å². The number of thiophene rings is 1. The maximum Gasteiger partial charge on any atom is 0.407 e.